The van der Waals surface area contributed by atoms with Crippen LogP contribution in [0.2, 0.25) is 0 Å². The minimum Gasteiger partial charge on any atom is -0.214 e. The first-order valence-corrected chi connectivity index (χ1v) is 0.535. The summed E-state index contributed by atoms with van der Waals surface area (Å²) in [6, 6.07) is 0. The van der Waals surface area contributed by atoms with E-state index in [9.17, 15) is 8.78 Å². The van der Waals surface area contributed by atoms with Crippen molar-refractivity contribution in [3.63, 3.8) is 0 Å². The van der Waals surface area contributed by atoms with Crippen molar-refractivity contribution in [3.05, 3.63) is 0 Å². The normalized spacial score (nSPS) is 4.50. The molecule has 0 aliphatic carbocycles. The average molecular weight is 62.8 g/mol. The lowest BCUT2D eigenvalue weighted by molar-refractivity contribution is 0.295. The second-order valence-electron chi connectivity index (χ2n) is 0.101. The summed E-state index contributed by atoms with van der Waals surface area (Å²) >= 11 is 0. The SMILES string of the molecule is FCF.[B]. The number of alkyl halides is 2. The molecule has 0 aromatic heterocycles. The molecule has 23 valence electrons. The fraction of sp³-hybridized carbons (Fsp3) is 1.00. The van der Waals surface area contributed by atoms with Crippen molar-refractivity contribution in [2.45, 2.75) is 0 Å². The van der Waals surface area contributed by atoms with E-state index in [1.54, 1.807) is 0 Å². The van der Waals surface area contributed by atoms with E-state index in [4.69, 9.17) is 0 Å². The first-order valence-electron chi connectivity index (χ1n) is 0.535. The van der Waals surface area contributed by atoms with Crippen molar-refractivity contribution in [3.8, 4) is 0 Å². The highest BCUT2D eigenvalue weighted by Crippen LogP contribution is 1.56. The zero-order chi connectivity index (χ0) is 2.71. The molecule has 4 heavy (non-hydrogen) atoms. The monoisotopic (exact) mass is 63.0 g/mol. The van der Waals surface area contributed by atoms with E-state index in [-0.39, 0.29) is 8.41 Å². The zero-order valence-electron chi connectivity index (χ0n) is 2.04. The Balaban J connectivity index is 0. The largest absolute Gasteiger partial charge is 0.229 e. The van der Waals surface area contributed by atoms with Crippen LogP contribution in [-0.2, 0) is 0 Å². The Morgan fingerprint density at radius 1 is 1.25 bits per heavy atom. The van der Waals surface area contributed by atoms with Crippen LogP contribution in [0, 0.1) is 0 Å². The van der Waals surface area contributed by atoms with Crippen molar-refractivity contribution in [1.82, 2.24) is 0 Å². The van der Waals surface area contributed by atoms with Crippen molar-refractivity contribution >= 4 is 8.41 Å². The van der Waals surface area contributed by atoms with Gasteiger partial charge in [0, 0.05) is 8.41 Å². The Kier molecular flexibility index (Phi) is 28.7. The van der Waals surface area contributed by atoms with E-state index < -0.39 is 6.93 Å². The van der Waals surface area contributed by atoms with Gasteiger partial charge in [0.15, 0.2) is 0 Å². The molecule has 0 atom stereocenters. The number of rotatable bonds is 0. The summed E-state index contributed by atoms with van der Waals surface area (Å²) in [5.41, 5.74) is 0. The van der Waals surface area contributed by atoms with Crippen molar-refractivity contribution < 1.29 is 8.78 Å². The molecule has 0 unspecified atom stereocenters. The molecule has 0 rings (SSSR count). The Morgan fingerprint density at radius 3 is 1.25 bits per heavy atom. The van der Waals surface area contributed by atoms with Crippen LogP contribution in [0.4, 0.5) is 8.78 Å². The maximum absolute atomic E-state index is 9.62. The molecular formula is CH2BF2. The van der Waals surface area contributed by atoms with Gasteiger partial charge in [-0.05, 0) is 0 Å². The van der Waals surface area contributed by atoms with Gasteiger partial charge in [0.25, 0.3) is 0 Å². The molecule has 0 aromatic rings. The third-order valence-electron chi connectivity index (χ3n) is 0. The number of hydrogen-bond donors (Lipinski definition) is 0. The van der Waals surface area contributed by atoms with Gasteiger partial charge in [-0.2, -0.15) is 0 Å². The van der Waals surface area contributed by atoms with Crippen LogP contribution in [0.25, 0.3) is 0 Å². The summed E-state index contributed by atoms with van der Waals surface area (Å²) in [6.45, 7) is -1.75. The van der Waals surface area contributed by atoms with Gasteiger partial charge in [-0.15, -0.1) is 0 Å². The molecule has 0 nitrogen and oxygen atoms in total. The molecule has 0 saturated heterocycles. The molecule has 0 fully saturated rings. The van der Waals surface area contributed by atoms with Crippen LogP contribution in [0.5, 0.6) is 0 Å². The summed E-state index contributed by atoms with van der Waals surface area (Å²) < 4.78 is 19.2. The molecule has 3 heteroatoms. The van der Waals surface area contributed by atoms with Gasteiger partial charge in [0.05, 0.1) is 0 Å². The molecular weight excluding hydrogens is 60.8 g/mol. The highest BCUT2D eigenvalue weighted by atomic mass is 19.3. The van der Waals surface area contributed by atoms with Crippen molar-refractivity contribution in [1.29, 1.82) is 0 Å². The lowest BCUT2D eigenvalue weighted by atomic mass is 10.8. The Morgan fingerprint density at radius 2 is 1.25 bits per heavy atom. The van der Waals surface area contributed by atoms with E-state index in [0.717, 1.165) is 0 Å². The number of hydrogen-bond acceptors (Lipinski definition) is 0. The second-order valence-corrected chi connectivity index (χ2v) is 0.101. The van der Waals surface area contributed by atoms with E-state index in [0.29, 0.717) is 0 Å². The fourth-order valence-electron chi connectivity index (χ4n) is 0. The maximum Gasteiger partial charge on any atom is 0.229 e. The lowest BCUT2D eigenvalue weighted by Gasteiger charge is -1.42. The molecule has 0 amide bonds. The standard InChI is InChI=1S/CH2F2.B/c2-1-3;/h1H2;. The van der Waals surface area contributed by atoms with Gasteiger partial charge in [0.2, 0.25) is 6.93 Å². The molecule has 0 aliphatic heterocycles. The van der Waals surface area contributed by atoms with Crippen molar-refractivity contribution in [2.24, 2.45) is 0 Å². The minimum atomic E-state index is -1.75. The highest BCUT2D eigenvalue weighted by Gasteiger charge is 1.44. The third kappa shape index (κ3) is 292. The molecule has 0 bridgehead atoms. The minimum absolute atomic E-state index is 0. The Labute approximate surface area is 25.4 Å². The zero-order valence-corrected chi connectivity index (χ0v) is 2.04. The third-order valence-corrected chi connectivity index (χ3v) is 0. The van der Waals surface area contributed by atoms with Crippen LogP contribution < -0.4 is 0 Å². The van der Waals surface area contributed by atoms with E-state index >= 15 is 0 Å². The first kappa shape index (κ1) is 9.06. The van der Waals surface area contributed by atoms with Crippen LogP contribution >= 0.6 is 0 Å². The summed E-state index contributed by atoms with van der Waals surface area (Å²) in [5.74, 6) is 0. The topological polar surface area (TPSA) is 0 Å². The fourth-order valence-corrected chi connectivity index (χ4v) is 0. The summed E-state index contributed by atoms with van der Waals surface area (Å²) in [7, 11) is 0. The van der Waals surface area contributed by atoms with Gasteiger partial charge in [-0.25, -0.2) is 8.78 Å². The van der Waals surface area contributed by atoms with Gasteiger partial charge >= 0.3 is 0 Å². The highest BCUT2D eigenvalue weighted by molar-refractivity contribution is 5.75. The van der Waals surface area contributed by atoms with Gasteiger partial charge in [-0.3, -0.25) is 0 Å². The van der Waals surface area contributed by atoms with Gasteiger partial charge in [-0.1, -0.05) is 0 Å². The predicted octanol–water partition coefficient (Wildman–Crippen LogP) is 0.502. The molecule has 0 N–H and O–H groups in total. The first-order chi connectivity index (χ1) is 1.41. The Hall–Kier alpha value is -0.0751. The van der Waals surface area contributed by atoms with E-state index in [1.165, 1.54) is 0 Å². The molecule has 3 radical (unpaired) electrons. The summed E-state index contributed by atoms with van der Waals surface area (Å²) in [6.07, 6.45) is 0. The average Bonchev–Trinajstić information content (AvgIpc) is 0.918. The van der Waals surface area contributed by atoms with Crippen LogP contribution in [0.1, 0.15) is 0 Å². The quantitative estimate of drug-likeness (QED) is 0.359. The summed E-state index contributed by atoms with van der Waals surface area (Å²) in [5, 5.41) is 0. The molecule has 0 saturated carbocycles. The lowest BCUT2D eigenvalue weighted by Crippen LogP contribution is -1.34. The smallest absolute Gasteiger partial charge is 0.214 e. The Bertz CT molecular complexity index is 6.00. The van der Waals surface area contributed by atoms with Crippen molar-refractivity contribution in [2.75, 3.05) is 6.93 Å². The van der Waals surface area contributed by atoms with Crippen LogP contribution in [0.3, 0.4) is 0 Å². The van der Waals surface area contributed by atoms with Crippen LogP contribution in [-0.4, -0.2) is 15.3 Å². The predicted molar refractivity (Wildman–Crippen MR) is 12.8 cm³/mol. The van der Waals surface area contributed by atoms with E-state index in [1.807, 2.05) is 0 Å². The maximum atomic E-state index is 9.62. The molecule has 0 aromatic carbocycles. The molecule has 0 heterocycles. The molecule has 0 aliphatic rings. The second kappa shape index (κ2) is 12.7. The van der Waals surface area contributed by atoms with E-state index in [2.05, 4.69) is 0 Å². The van der Waals surface area contributed by atoms with Gasteiger partial charge < -0.3 is 0 Å². The summed E-state index contributed by atoms with van der Waals surface area (Å²) in [4.78, 5) is 0. The van der Waals surface area contributed by atoms with Crippen LogP contribution in [0.15, 0.2) is 0 Å². The van der Waals surface area contributed by atoms with Gasteiger partial charge in [0.1, 0.15) is 0 Å². The number of halogens is 2. The molecule has 0 spiro atoms.